The van der Waals surface area contributed by atoms with Gasteiger partial charge in [-0.25, -0.2) is 24.2 Å². The van der Waals surface area contributed by atoms with Crippen molar-refractivity contribution < 1.29 is 38.4 Å². The Bertz CT molecular complexity index is 2080. The Morgan fingerprint density at radius 3 is 2.19 bits per heavy atom. The van der Waals surface area contributed by atoms with E-state index >= 15 is 0 Å². The van der Waals surface area contributed by atoms with E-state index in [-0.39, 0.29) is 34.2 Å². The van der Waals surface area contributed by atoms with Gasteiger partial charge in [-0.05, 0) is 58.5 Å². The van der Waals surface area contributed by atoms with E-state index in [4.69, 9.17) is 30.8 Å². The minimum absolute atomic E-state index is 0.106. The van der Waals surface area contributed by atoms with Crippen LogP contribution >= 0.6 is 11.6 Å². The van der Waals surface area contributed by atoms with Gasteiger partial charge < -0.3 is 9.47 Å². The summed E-state index contributed by atoms with van der Waals surface area (Å²) in [5.41, 5.74) is 5.50. The summed E-state index contributed by atoms with van der Waals surface area (Å²) in [6.45, 7) is 1.11. The summed E-state index contributed by atoms with van der Waals surface area (Å²) in [7, 11) is 0. The summed E-state index contributed by atoms with van der Waals surface area (Å²) in [6.07, 6.45) is 2.08. The molecule has 9 nitrogen and oxygen atoms in total. The number of aliphatic imine (C=N–C) groups is 1. The number of carbonyl (C=O) groups is 3. The number of nitrogens with zero attached hydrogens (tertiary/aromatic N) is 1. The van der Waals surface area contributed by atoms with E-state index in [0.717, 1.165) is 27.8 Å². The minimum atomic E-state index is -2.31. The Labute approximate surface area is 280 Å². The molecule has 0 saturated carbocycles. The van der Waals surface area contributed by atoms with E-state index in [1.807, 2.05) is 36.4 Å². The van der Waals surface area contributed by atoms with Crippen LogP contribution in [-0.4, -0.2) is 29.6 Å². The zero-order valence-electron chi connectivity index (χ0n) is 25.5. The summed E-state index contributed by atoms with van der Waals surface area (Å²) in [5.74, 6) is -5.16. The number of carbonyl (C=O) groups excluding carboxylic acids is 4. The van der Waals surface area contributed by atoms with Crippen molar-refractivity contribution in [1.29, 1.82) is 0 Å². The Hall–Kier alpha value is -5.86. The van der Waals surface area contributed by atoms with Gasteiger partial charge in [-0.15, -0.1) is 0 Å². The van der Waals surface area contributed by atoms with Gasteiger partial charge in [0, 0.05) is 18.1 Å². The van der Waals surface area contributed by atoms with Crippen molar-refractivity contribution in [3.8, 4) is 16.9 Å². The lowest BCUT2D eigenvalue weighted by molar-refractivity contribution is -0.276. The summed E-state index contributed by atoms with van der Waals surface area (Å²) < 4.78 is 12.2. The van der Waals surface area contributed by atoms with Gasteiger partial charge in [-0.2, -0.15) is 4.99 Å². The molecule has 1 unspecified atom stereocenters. The van der Waals surface area contributed by atoms with Gasteiger partial charge in [0.2, 0.25) is 6.08 Å². The third-order valence-corrected chi connectivity index (χ3v) is 8.09. The second kappa shape index (κ2) is 13.9. The maximum Gasteiger partial charge on any atom is 0.426 e. The molecule has 0 aliphatic heterocycles. The molecule has 0 aromatic heterocycles. The van der Waals surface area contributed by atoms with Gasteiger partial charge in [0.05, 0.1) is 17.2 Å². The molecular formula is C38H26ClNO8. The number of benzene rings is 5. The lowest BCUT2D eigenvalue weighted by Crippen LogP contribution is -2.46. The lowest BCUT2D eigenvalue weighted by atomic mass is 10.0. The highest BCUT2D eigenvalue weighted by Crippen LogP contribution is 2.41. The third kappa shape index (κ3) is 6.65. The van der Waals surface area contributed by atoms with Crippen molar-refractivity contribution in [2.24, 2.45) is 4.99 Å². The molecule has 5 aromatic rings. The molecule has 1 aliphatic carbocycles. The highest BCUT2D eigenvalue weighted by atomic mass is 35.5. The maximum atomic E-state index is 13.6. The van der Waals surface area contributed by atoms with Gasteiger partial charge in [0.15, 0.2) is 11.5 Å². The van der Waals surface area contributed by atoms with E-state index in [1.54, 1.807) is 48.5 Å². The van der Waals surface area contributed by atoms with Crippen LogP contribution in [0.2, 0.25) is 5.02 Å². The quantitative estimate of drug-likeness (QED) is 0.0366. The molecule has 0 N–H and O–H groups in total. The van der Waals surface area contributed by atoms with Gasteiger partial charge in [-0.1, -0.05) is 103 Å². The van der Waals surface area contributed by atoms with Crippen molar-refractivity contribution in [1.82, 2.24) is 0 Å². The zero-order chi connectivity index (χ0) is 33.7. The van der Waals surface area contributed by atoms with Gasteiger partial charge in [0.25, 0.3) is 0 Å². The highest BCUT2D eigenvalue weighted by molar-refractivity contribution is 6.33. The molecule has 48 heavy (non-hydrogen) atoms. The number of fused-ring (bicyclic) bond motifs is 3. The number of isocyanates is 1. The molecule has 1 aliphatic rings. The first kappa shape index (κ1) is 32.1. The normalized spacial score (nSPS) is 12.5. The van der Waals surface area contributed by atoms with Crippen molar-refractivity contribution in [3.05, 3.63) is 154 Å². The van der Waals surface area contributed by atoms with Crippen molar-refractivity contribution in [2.75, 3.05) is 0 Å². The van der Waals surface area contributed by atoms with Crippen LogP contribution in [0.15, 0.2) is 120 Å². The van der Waals surface area contributed by atoms with Crippen LogP contribution in [0.5, 0.6) is 5.75 Å². The SMILES string of the molecule is CC(OCc1cccc2c1Cc1ccccc1-2)(Oc1c(Cl)cc(C(=O)c2ccccc2)cc1N=C=O)C(=O)OOC(=O)c1ccccc1. The zero-order valence-corrected chi connectivity index (χ0v) is 26.2. The Morgan fingerprint density at radius 1 is 0.792 bits per heavy atom. The summed E-state index contributed by atoms with van der Waals surface area (Å²) in [6, 6.07) is 32.7. The molecule has 0 amide bonds. The van der Waals surface area contributed by atoms with Crippen LogP contribution in [0, 0.1) is 0 Å². The van der Waals surface area contributed by atoms with Crippen LogP contribution in [0.4, 0.5) is 5.69 Å². The van der Waals surface area contributed by atoms with Gasteiger partial charge in [0.1, 0.15) is 5.69 Å². The molecule has 0 spiro atoms. The van der Waals surface area contributed by atoms with E-state index in [9.17, 15) is 19.2 Å². The number of ether oxygens (including phenoxy) is 2. The molecule has 0 saturated heterocycles. The molecule has 5 aromatic carbocycles. The standard InChI is InChI=1S/C38H26ClNO8/c1-38(37(44)48-47-36(43)25-13-6-3-7-14-25,45-22-27-16-10-18-30-29-17-9-8-15-26(29)19-31(27)30)46-35-32(39)20-28(21-33(35)40-23-41)34(42)24-11-4-2-5-12-24/h2-18,20-21H,19,22H2,1H3. The fourth-order valence-corrected chi connectivity index (χ4v) is 5.63. The molecule has 10 heteroatoms. The average molecular weight is 660 g/mol. The smallest absolute Gasteiger partial charge is 0.426 e. The molecule has 1 atom stereocenters. The van der Waals surface area contributed by atoms with Crippen LogP contribution < -0.4 is 4.74 Å². The number of hydrogen-bond donors (Lipinski definition) is 0. The number of halogens is 1. The summed E-state index contributed by atoms with van der Waals surface area (Å²) in [4.78, 5) is 64.3. The predicted molar refractivity (Wildman–Crippen MR) is 176 cm³/mol. The summed E-state index contributed by atoms with van der Waals surface area (Å²) in [5, 5.41) is -0.161. The van der Waals surface area contributed by atoms with E-state index in [0.29, 0.717) is 12.0 Å². The van der Waals surface area contributed by atoms with Gasteiger partial charge in [-0.3, -0.25) is 4.79 Å². The predicted octanol–water partition coefficient (Wildman–Crippen LogP) is 7.74. The first-order chi connectivity index (χ1) is 23.3. The third-order valence-electron chi connectivity index (χ3n) is 7.81. The monoisotopic (exact) mass is 659 g/mol. The van der Waals surface area contributed by atoms with Crippen LogP contribution in [0.3, 0.4) is 0 Å². The average Bonchev–Trinajstić information content (AvgIpc) is 3.51. The van der Waals surface area contributed by atoms with E-state index in [2.05, 4.69) is 11.1 Å². The first-order valence-electron chi connectivity index (χ1n) is 14.8. The molecule has 0 heterocycles. The summed E-state index contributed by atoms with van der Waals surface area (Å²) >= 11 is 6.61. The second-order valence-electron chi connectivity index (χ2n) is 10.9. The van der Waals surface area contributed by atoms with E-state index in [1.165, 1.54) is 37.3 Å². The van der Waals surface area contributed by atoms with Crippen LogP contribution in [-0.2, 0) is 37.1 Å². The second-order valence-corrected chi connectivity index (χ2v) is 11.3. The number of rotatable bonds is 10. The van der Waals surface area contributed by atoms with E-state index < -0.39 is 23.5 Å². The van der Waals surface area contributed by atoms with Crippen molar-refractivity contribution >= 4 is 41.1 Å². The molecule has 238 valence electrons. The fraction of sp³-hybridized carbons (Fsp3) is 0.105. The fourth-order valence-electron chi connectivity index (χ4n) is 5.37. The van der Waals surface area contributed by atoms with Crippen molar-refractivity contribution in [3.63, 3.8) is 0 Å². The maximum absolute atomic E-state index is 13.6. The Morgan fingerprint density at radius 2 is 1.46 bits per heavy atom. The molecular weight excluding hydrogens is 634 g/mol. The highest BCUT2D eigenvalue weighted by Gasteiger charge is 2.43. The van der Waals surface area contributed by atoms with Crippen LogP contribution in [0.25, 0.3) is 11.1 Å². The first-order valence-corrected chi connectivity index (χ1v) is 15.2. The molecule has 0 fully saturated rings. The number of hydrogen-bond acceptors (Lipinski definition) is 9. The van der Waals surface area contributed by atoms with Crippen molar-refractivity contribution in [2.45, 2.75) is 25.7 Å². The topological polar surface area (TPSA) is 118 Å². The largest absolute Gasteiger partial charge is 0.448 e. The number of ketones is 1. The minimum Gasteiger partial charge on any atom is -0.448 e. The molecule has 0 bridgehead atoms. The van der Waals surface area contributed by atoms with Crippen LogP contribution in [0.1, 0.15) is 49.9 Å². The molecule has 6 rings (SSSR count). The van der Waals surface area contributed by atoms with Gasteiger partial charge >= 0.3 is 17.7 Å². The lowest BCUT2D eigenvalue weighted by Gasteiger charge is -2.28. The Balaban J connectivity index is 1.32. The molecule has 0 radical (unpaired) electrons. The Kier molecular flexibility index (Phi) is 9.27.